The van der Waals surface area contributed by atoms with E-state index >= 15 is 0 Å². The minimum absolute atomic E-state index is 0.0570. The first-order chi connectivity index (χ1) is 12.1. The zero-order valence-corrected chi connectivity index (χ0v) is 14.5. The van der Waals surface area contributed by atoms with E-state index in [-0.39, 0.29) is 11.3 Å². The molecule has 1 aliphatic rings. The van der Waals surface area contributed by atoms with Crippen LogP contribution in [0.25, 0.3) is 11.1 Å². The summed E-state index contributed by atoms with van der Waals surface area (Å²) in [5.41, 5.74) is 1.13. The van der Waals surface area contributed by atoms with Crippen LogP contribution in [0.2, 0.25) is 0 Å². The molecule has 3 aromatic heterocycles. The summed E-state index contributed by atoms with van der Waals surface area (Å²) in [5.74, 6) is 2.24. The number of rotatable bonds is 7. The van der Waals surface area contributed by atoms with Gasteiger partial charge in [-0.15, -0.1) is 0 Å². The summed E-state index contributed by atoms with van der Waals surface area (Å²) in [6, 6.07) is 3.79. The molecule has 4 rings (SSSR count). The van der Waals surface area contributed by atoms with E-state index < -0.39 is 0 Å². The third kappa shape index (κ3) is 3.16. The topological polar surface area (TPSA) is 81.2 Å². The number of ketones is 1. The monoisotopic (exact) mass is 339 g/mol. The van der Waals surface area contributed by atoms with Crippen molar-refractivity contribution in [2.45, 2.75) is 51.5 Å². The maximum Gasteiger partial charge on any atom is 0.232 e. The molecule has 0 amide bonds. The summed E-state index contributed by atoms with van der Waals surface area (Å²) in [4.78, 5) is 21.4. The molecule has 6 heteroatoms. The zero-order chi connectivity index (χ0) is 17.4. The molecule has 1 fully saturated rings. The minimum Gasteiger partial charge on any atom is -0.469 e. The molecule has 6 nitrogen and oxygen atoms in total. The van der Waals surface area contributed by atoms with Crippen LogP contribution in [-0.4, -0.2) is 21.3 Å². The van der Waals surface area contributed by atoms with Crippen molar-refractivity contribution >= 4 is 22.7 Å². The van der Waals surface area contributed by atoms with E-state index in [1.54, 1.807) is 6.26 Å². The number of fused-ring (bicyclic) bond motifs is 1. The molecule has 1 N–H and O–H groups in total. The van der Waals surface area contributed by atoms with Gasteiger partial charge in [0.2, 0.25) is 5.71 Å². The van der Waals surface area contributed by atoms with Crippen LogP contribution in [0.3, 0.4) is 0 Å². The van der Waals surface area contributed by atoms with Crippen molar-refractivity contribution in [3.05, 3.63) is 41.8 Å². The fraction of sp³-hybridized carbons (Fsp3) is 0.421. The number of aryl methyl sites for hydroxylation is 2. The van der Waals surface area contributed by atoms with Crippen LogP contribution < -0.4 is 5.32 Å². The normalized spacial score (nSPS) is 15.4. The van der Waals surface area contributed by atoms with Crippen molar-refractivity contribution in [1.29, 1.82) is 0 Å². The number of hydrogen-bond donors (Lipinski definition) is 1. The number of aromatic nitrogens is 2. The summed E-state index contributed by atoms with van der Waals surface area (Å²) in [7, 11) is 0. The lowest BCUT2D eigenvalue weighted by Gasteiger charge is -2.13. The molecule has 0 radical (unpaired) electrons. The second-order valence-electron chi connectivity index (χ2n) is 6.98. The number of carbonyl (C=O) groups is 1. The molecule has 0 atom stereocenters. The molecule has 0 bridgehead atoms. The molecule has 1 saturated carbocycles. The second kappa shape index (κ2) is 6.02. The molecule has 0 spiro atoms. The van der Waals surface area contributed by atoms with Gasteiger partial charge in [-0.2, -0.15) is 0 Å². The molecule has 130 valence electrons. The van der Waals surface area contributed by atoms with E-state index in [1.165, 1.54) is 6.33 Å². The van der Waals surface area contributed by atoms with Crippen molar-refractivity contribution in [3.8, 4) is 0 Å². The van der Waals surface area contributed by atoms with Crippen LogP contribution in [-0.2, 0) is 6.42 Å². The molecule has 1 aliphatic carbocycles. The Bertz CT molecular complexity index is 908. The van der Waals surface area contributed by atoms with Gasteiger partial charge >= 0.3 is 0 Å². The lowest BCUT2D eigenvalue weighted by atomic mass is 10.0. The Kier molecular flexibility index (Phi) is 3.82. The van der Waals surface area contributed by atoms with E-state index in [1.807, 2.05) is 19.1 Å². The third-order valence-electron chi connectivity index (χ3n) is 4.77. The fourth-order valence-electron chi connectivity index (χ4n) is 3.08. The van der Waals surface area contributed by atoms with Gasteiger partial charge in [0, 0.05) is 18.4 Å². The first kappa shape index (κ1) is 15.9. The lowest BCUT2D eigenvalue weighted by molar-refractivity contribution is 0.0979. The maximum atomic E-state index is 12.8. The Labute approximate surface area is 145 Å². The quantitative estimate of drug-likeness (QED) is 0.647. The predicted molar refractivity (Wildman–Crippen MR) is 93.8 cm³/mol. The standard InChI is InChI=1S/C19H21N3O3/c1-12-15(14(23)7-3-5-13-6-4-10-24-13)16-17(22-19(2)8-9-19)20-11-21-18(16)25-12/h4,6,10-11H,3,5,7-9H2,1-2H3,(H,20,21,22). The molecule has 0 saturated heterocycles. The van der Waals surface area contributed by atoms with Gasteiger partial charge in [-0.25, -0.2) is 9.97 Å². The first-order valence-electron chi connectivity index (χ1n) is 8.64. The van der Waals surface area contributed by atoms with Crippen molar-refractivity contribution in [2.24, 2.45) is 0 Å². The summed E-state index contributed by atoms with van der Waals surface area (Å²) in [6.45, 7) is 3.96. The van der Waals surface area contributed by atoms with Gasteiger partial charge in [-0.3, -0.25) is 4.79 Å². The maximum absolute atomic E-state index is 12.8. The van der Waals surface area contributed by atoms with Gasteiger partial charge < -0.3 is 14.2 Å². The highest BCUT2D eigenvalue weighted by atomic mass is 16.3. The van der Waals surface area contributed by atoms with Gasteiger partial charge in [0.25, 0.3) is 0 Å². The first-order valence-corrected chi connectivity index (χ1v) is 8.64. The number of Topliss-reactive ketones (excluding diaryl/α,β-unsaturated/α-hetero) is 1. The number of furan rings is 2. The number of hydrogen-bond acceptors (Lipinski definition) is 6. The summed E-state index contributed by atoms with van der Waals surface area (Å²) in [6.07, 6.45) is 7.23. The number of nitrogens with one attached hydrogen (secondary N) is 1. The van der Waals surface area contributed by atoms with E-state index in [0.29, 0.717) is 34.7 Å². The van der Waals surface area contributed by atoms with Crippen LogP contribution in [0.5, 0.6) is 0 Å². The summed E-state index contributed by atoms with van der Waals surface area (Å²) < 4.78 is 11.0. The molecule has 0 aliphatic heterocycles. The number of anilines is 1. The van der Waals surface area contributed by atoms with Crippen LogP contribution >= 0.6 is 0 Å². The Balaban J connectivity index is 1.59. The smallest absolute Gasteiger partial charge is 0.232 e. The zero-order valence-electron chi connectivity index (χ0n) is 14.5. The second-order valence-corrected chi connectivity index (χ2v) is 6.98. The third-order valence-corrected chi connectivity index (χ3v) is 4.77. The number of nitrogens with zero attached hydrogens (tertiary/aromatic N) is 2. The SMILES string of the molecule is Cc1oc2ncnc(NC3(C)CC3)c2c1C(=O)CCCc1ccco1. The molecule has 3 heterocycles. The molecular formula is C19H21N3O3. The molecule has 0 aromatic carbocycles. The van der Waals surface area contributed by atoms with Gasteiger partial charge in [0.1, 0.15) is 23.7 Å². The van der Waals surface area contributed by atoms with Crippen LogP contribution in [0, 0.1) is 6.92 Å². The molecule has 0 unspecified atom stereocenters. The predicted octanol–water partition coefficient (Wildman–Crippen LogP) is 4.29. The van der Waals surface area contributed by atoms with Crippen LogP contribution in [0.15, 0.2) is 33.6 Å². The van der Waals surface area contributed by atoms with Crippen molar-refractivity contribution in [2.75, 3.05) is 5.32 Å². The fourth-order valence-corrected chi connectivity index (χ4v) is 3.08. The average molecular weight is 339 g/mol. The Morgan fingerprint density at radius 1 is 1.36 bits per heavy atom. The highest BCUT2D eigenvalue weighted by Gasteiger charge is 2.38. The Hall–Kier alpha value is -2.63. The molecular weight excluding hydrogens is 318 g/mol. The highest BCUT2D eigenvalue weighted by molar-refractivity contribution is 6.11. The van der Waals surface area contributed by atoms with E-state index in [0.717, 1.165) is 31.4 Å². The average Bonchev–Trinajstić information content (AvgIpc) is 2.99. The number of carbonyl (C=O) groups excluding carboxylic acids is 1. The Morgan fingerprint density at radius 3 is 2.92 bits per heavy atom. The molecule has 3 aromatic rings. The van der Waals surface area contributed by atoms with E-state index in [2.05, 4.69) is 22.2 Å². The highest BCUT2D eigenvalue weighted by Crippen LogP contribution is 2.40. The van der Waals surface area contributed by atoms with Crippen LogP contribution in [0.4, 0.5) is 5.82 Å². The van der Waals surface area contributed by atoms with Gasteiger partial charge in [-0.05, 0) is 45.2 Å². The van der Waals surface area contributed by atoms with Gasteiger partial charge in [0.05, 0.1) is 17.2 Å². The largest absolute Gasteiger partial charge is 0.469 e. The lowest BCUT2D eigenvalue weighted by Crippen LogP contribution is -2.17. The molecule has 25 heavy (non-hydrogen) atoms. The van der Waals surface area contributed by atoms with Crippen molar-refractivity contribution in [1.82, 2.24) is 9.97 Å². The van der Waals surface area contributed by atoms with Crippen molar-refractivity contribution in [3.63, 3.8) is 0 Å². The summed E-state index contributed by atoms with van der Waals surface area (Å²) >= 11 is 0. The minimum atomic E-state index is 0.0570. The van der Waals surface area contributed by atoms with Gasteiger partial charge in [-0.1, -0.05) is 0 Å². The van der Waals surface area contributed by atoms with Crippen LogP contribution in [0.1, 0.15) is 54.5 Å². The van der Waals surface area contributed by atoms with E-state index in [9.17, 15) is 4.79 Å². The van der Waals surface area contributed by atoms with E-state index in [4.69, 9.17) is 8.83 Å². The summed E-state index contributed by atoms with van der Waals surface area (Å²) in [5, 5.41) is 4.15. The van der Waals surface area contributed by atoms with Gasteiger partial charge in [0.15, 0.2) is 5.78 Å². The Morgan fingerprint density at radius 2 is 2.20 bits per heavy atom. The van der Waals surface area contributed by atoms with Crippen molar-refractivity contribution < 1.29 is 13.6 Å².